The van der Waals surface area contributed by atoms with Crippen LogP contribution in [0.3, 0.4) is 0 Å². The van der Waals surface area contributed by atoms with Gasteiger partial charge in [-0.15, -0.1) is 11.3 Å². The summed E-state index contributed by atoms with van der Waals surface area (Å²) in [6, 6.07) is 3.72. The van der Waals surface area contributed by atoms with E-state index in [1.54, 1.807) is 0 Å². The second-order valence-corrected chi connectivity index (χ2v) is 5.64. The van der Waals surface area contributed by atoms with E-state index >= 15 is 0 Å². The molecule has 0 bridgehead atoms. The van der Waals surface area contributed by atoms with Crippen LogP contribution in [0.1, 0.15) is 22.5 Å². The predicted molar refractivity (Wildman–Crippen MR) is 66.7 cm³/mol. The molecule has 0 unspecified atom stereocenters. The highest BCUT2D eigenvalue weighted by Crippen LogP contribution is 2.30. The largest absolute Gasteiger partial charge is 0.441 e. The first-order valence-electron chi connectivity index (χ1n) is 5.98. The normalized spacial score (nSPS) is 21.8. The number of nitrogens with one attached hydrogen (secondary N) is 1. The standard InChI is InChI=1S/C12H14N2O3S/c15-10(9-2-1-7-18-9)14-5-3-12(4-6-14)8-13-11(16)17-12/h1-2,7H,3-6,8H2,(H,13,16). The Bertz CT molecular complexity index is 464. The first-order chi connectivity index (χ1) is 8.69. The van der Waals surface area contributed by atoms with Gasteiger partial charge >= 0.3 is 6.09 Å². The number of carbonyl (C=O) groups excluding carboxylic acids is 2. The summed E-state index contributed by atoms with van der Waals surface area (Å²) in [5, 5.41) is 4.59. The summed E-state index contributed by atoms with van der Waals surface area (Å²) in [7, 11) is 0. The van der Waals surface area contributed by atoms with Gasteiger partial charge in [0.15, 0.2) is 0 Å². The van der Waals surface area contributed by atoms with Crippen molar-refractivity contribution in [1.29, 1.82) is 0 Å². The van der Waals surface area contributed by atoms with Crippen molar-refractivity contribution in [2.24, 2.45) is 0 Å². The van der Waals surface area contributed by atoms with Crippen LogP contribution in [0.5, 0.6) is 0 Å². The van der Waals surface area contributed by atoms with Crippen molar-refractivity contribution in [2.75, 3.05) is 19.6 Å². The van der Waals surface area contributed by atoms with Gasteiger partial charge in [-0.05, 0) is 11.4 Å². The van der Waals surface area contributed by atoms with Gasteiger partial charge in [-0.25, -0.2) is 4.79 Å². The number of amides is 2. The van der Waals surface area contributed by atoms with Gasteiger partial charge in [0.25, 0.3) is 5.91 Å². The molecule has 0 aliphatic carbocycles. The molecule has 6 heteroatoms. The number of carbonyl (C=O) groups is 2. The molecule has 0 atom stereocenters. The van der Waals surface area contributed by atoms with E-state index in [1.165, 1.54) is 11.3 Å². The molecule has 1 spiro atoms. The Labute approximate surface area is 109 Å². The third kappa shape index (κ3) is 1.96. The van der Waals surface area contributed by atoms with Crippen LogP contribution >= 0.6 is 11.3 Å². The molecule has 3 heterocycles. The van der Waals surface area contributed by atoms with Crippen LogP contribution in [0.15, 0.2) is 17.5 Å². The number of alkyl carbamates (subject to hydrolysis) is 1. The van der Waals surface area contributed by atoms with Crippen LogP contribution in [0.25, 0.3) is 0 Å². The minimum absolute atomic E-state index is 0.0807. The van der Waals surface area contributed by atoms with E-state index in [9.17, 15) is 9.59 Å². The highest BCUT2D eigenvalue weighted by atomic mass is 32.1. The number of nitrogens with zero attached hydrogens (tertiary/aromatic N) is 1. The molecular formula is C12H14N2O3S. The molecule has 2 saturated heterocycles. The highest BCUT2D eigenvalue weighted by Gasteiger charge is 2.43. The van der Waals surface area contributed by atoms with Crippen LogP contribution in [-0.4, -0.2) is 42.1 Å². The first kappa shape index (κ1) is 11.5. The number of ether oxygens (including phenoxy) is 1. The van der Waals surface area contributed by atoms with Crippen molar-refractivity contribution in [2.45, 2.75) is 18.4 Å². The van der Waals surface area contributed by atoms with E-state index in [2.05, 4.69) is 5.32 Å². The molecule has 5 nitrogen and oxygen atoms in total. The smallest absolute Gasteiger partial charge is 0.407 e. The summed E-state index contributed by atoms with van der Waals surface area (Å²) in [6.45, 7) is 1.85. The van der Waals surface area contributed by atoms with Crippen LogP contribution in [0.4, 0.5) is 4.79 Å². The molecule has 0 radical (unpaired) electrons. The Kier molecular flexibility index (Phi) is 2.74. The number of hydrogen-bond donors (Lipinski definition) is 1. The summed E-state index contributed by atoms with van der Waals surface area (Å²) < 4.78 is 5.32. The number of thiophene rings is 1. The van der Waals surface area contributed by atoms with Crippen LogP contribution in [0, 0.1) is 0 Å². The van der Waals surface area contributed by atoms with Crippen molar-refractivity contribution in [3.05, 3.63) is 22.4 Å². The average molecular weight is 266 g/mol. The first-order valence-corrected chi connectivity index (χ1v) is 6.86. The summed E-state index contributed by atoms with van der Waals surface area (Å²) in [6.07, 6.45) is 1.08. The molecule has 18 heavy (non-hydrogen) atoms. The predicted octanol–water partition coefficient (Wildman–Crippen LogP) is 1.46. The molecule has 2 amide bonds. The number of piperidine rings is 1. The fourth-order valence-electron chi connectivity index (χ4n) is 2.45. The van der Waals surface area contributed by atoms with Crippen molar-refractivity contribution < 1.29 is 14.3 Å². The van der Waals surface area contributed by atoms with Crippen molar-refractivity contribution >= 4 is 23.3 Å². The van der Waals surface area contributed by atoms with E-state index in [-0.39, 0.29) is 17.6 Å². The lowest BCUT2D eigenvalue weighted by molar-refractivity contribution is 0.00345. The maximum atomic E-state index is 12.1. The Morgan fingerprint density at radius 1 is 1.44 bits per heavy atom. The maximum absolute atomic E-state index is 12.1. The Morgan fingerprint density at radius 3 is 2.78 bits per heavy atom. The van der Waals surface area contributed by atoms with Gasteiger partial charge in [-0.2, -0.15) is 0 Å². The highest BCUT2D eigenvalue weighted by molar-refractivity contribution is 7.12. The van der Waals surface area contributed by atoms with Crippen molar-refractivity contribution in [3.8, 4) is 0 Å². The lowest BCUT2D eigenvalue weighted by Gasteiger charge is -2.36. The van der Waals surface area contributed by atoms with Gasteiger partial charge in [0.1, 0.15) is 5.60 Å². The van der Waals surface area contributed by atoms with Gasteiger partial charge in [-0.3, -0.25) is 4.79 Å². The average Bonchev–Trinajstić information content (AvgIpc) is 3.00. The number of hydrogen-bond acceptors (Lipinski definition) is 4. The Balaban J connectivity index is 1.64. The third-order valence-corrected chi connectivity index (χ3v) is 4.42. The lowest BCUT2D eigenvalue weighted by atomic mass is 9.91. The molecular weight excluding hydrogens is 252 g/mol. The maximum Gasteiger partial charge on any atom is 0.407 e. The monoisotopic (exact) mass is 266 g/mol. The van der Waals surface area contributed by atoms with Gasteiger partial charge in [-0.1, -0.05) is 6.07 Å². The summed E-state index contributed by atoms with van der Waals surface area (Å²) in [5.41, 5.74) is -0.386. The van der Waals surface area contributed by atoms with Crippen LogP contribution in [0.2, 0.25) is 0 Å². The SMILES string of the molecule is O=C1NCC2(CCN(C(=O)c3cccs3)CC2)O1. The summed E-state index contributed by atoms with van der Waals surface area (Å²) in [4.78, 5) is 25.9. The van der Waals surface area contributed by atoms with Gasteiger partial charge in [0, 0.05) is 25.9 Å². The molecule has 0 aromatic carbocycles. The fourth-order valence-corrected chi connectivity index (χ4v) is 3.15. The van der Waals surface area contributed by atoms with E-state index in [4.69, 9.17) is 4.74 Å². The second kappa shape index (κ2) is 4.28. The third-order valence-electron chi connectivity index (χ3n) is 3.56. The molecule has 1 aromatic heterocycles. The minimum atomic E-state index is -0.386. The Morgan fingerprint density at radius 2 is 2.22 bits per heavy atom. The Hall–Kier alpha value is -1.56. The van der Waals surface area contributed by atoms with Crippen molar-refractivity contribution in [1.82, 2.24) is 10.2 Å². The molecule has 2 aliphatic heterocycles. The zero-order chi connectivity index (χ0) is 12.6. The van der Waals surface area contributed by atoms with Gasteiger partial charge in [0.2, 0.25) is 0 Å². The zero-order valence-corrected chi connectivity index (χ0v) is 10.7. The molecule has 96 valence electrons. The molecule has 2 aliphatic rings. The number of likely N-dealkylation sites (tertiary alicyclic amines) is 1. The topological polar surface area (TPSA) is 58.6 Å². The zero-order valence-electron chi connectivity index (χ0n) is 9.85. The van der Waals surface area contributed by atoms with E-state index in [0.717, 1.165) is 4.88 Å². The quantitative estimate of drug-likeness (QED) is 0.837. The van der Waals surface area contributed by atoms with Crippen LogP contribution < -0.4 is 5.32 Å². The molecule has 0 saturated carbocycles. The van der Waals surface area contributed by atoms with E-state index in [1.807, 2.05) is 22.4 Å². The van der Waals surface area contributed by atoms with Crippen molar-refractivity contribution in [3.63, 3.8) is 0 Å². The minimum Gasteiger partial charge on any atom is -0.441 e. The lowest BCUT2D eigenvalue weighted by Crippen LogP contribution is -2.48. The summed E-state index contributed by atoms with van der Waals surface area (Å²) in [5.74, 6) is 0.0807. The van der Waals surface area contributed by atoms with Gasteiger partial charge in [0.05, 0.1) is 11.4 Å². The van der Waals surface area contributed by atoms with E-state index < -0.39 is 0 Å². The van der Waals surface area contributed by atoms with Gasteiger partial charge < -0.3 is 15.0 Å². The second-order valence-electron chi connectivity index (χ2n) is 4.70. The van der Waals surface area contributed by atoms with E-state index in [0.29, 0.717) is 32.5 Å². The fraction of sp³-hybridized carbons (Fsp3) is 0.500. The molecule has 1 N–H and O–H groups in total. The molecule has 2 fully saturated rings. The molecule has 3 rings (SSSR count). The summed E-state index contributed by atoms with van der Waals surface area (Å²) >= 11 is 1.46. The van der Waals surface area contributed by atoms with Crippen LogP contribution in [-0.2, 0) is 4.74 Å². The number of rotatable bonds is 1. The molecule has 1 aromatic rings.